The average Bonchev–Trinajstić information content (AvgIpc) is 2.01. The molecule has 0 aliphatic rings. The van der Waals surface area contributed by atoms with E-state index < -0.39 is 12.1 Å². The van der Waals surface area contributed by atoms with Crippen LogP contribution in [0.3, 0.4) is 0 Å². The number of halogens is 1. The summed E-state index contributed by atoms with van der Waals surface area (Å²) in [6.45, 7) is 1.84. The molecule has 1 aromatic carbocycles. The molecule has 0 radical (unpaired) electrons. The number of aliphatic carboxylic acids is 1. The highest BCUT2D eigenvalue weighted by molar-refractivity contribution is 9.10. The molecule has 4 heteroatoms. The topological polar surface area (TPSA) is 57.5 Å². The molecule has 0 amide bonds. The van der Waals surface area contributed by atoms with Crippen molar-refractivity contribution in [1.82, 2.24) is 0 Å². The van der Waals surface area contributed by atoms with Crippen molar-refractivity contribution < 1.29 is 15.0 Å². The number of carboxylic acid groups (broad SMARTS) is 1. The van der Waals surface area contributed by atoms with E-state index in [0.717, 1.165) is 10.0 Å². The second kappa shape index (κ2) is 4.57. The van der Waals surface area contributed by atoms with Gasteiger partial charge < -0.3 is 10.2 Å². The number of hydrogen-bond acceptors (Lipinski definition) is 2. The number of benzene rings is 1. The van der Waals surface area contributed by atoms with Crippen LogP contribution in [-0.2, 0) is 4.79 Å². The summed E-state index contributed by atoms with van der Waals surface area (Å²) in [4.78, 5) is 10.4. The van der Waals surface area contributed by atoms with Crippen LogP contribution in [0.4, 0.5) is 0 Å². The summed E-state index contributed by atoms with van der Waals surface area (Å²) in [6, 6.07) is 5.36. The zero-order valence-corrected chi connectivity index (χ0v) is 9.28. The van der Waals surface area contributed by atoms with Gasteiger partial charge in [-0.3, -0.25) is 4.79 Å². The number of aliphatic hydroxyl groups is 1. The van der Waals surface area contributed by atoms with E-state index in [1.807, 2.05) is 13.0 Å². The van der Waals surface area contributed by atoms with E-state index in [1.165, 1.54) is 0 Å². The zero-order valence-electron chi connectivity index (χ0n) is 7.70. The zero-order chi connectivity index (χ0) is 10.7. The minimum Gasteiger partial charge on any atom is -0.481 e. The Kier molecular flexibility index (Phi) is 3.66. The monoisotopic (exact) mass is 258 g/mol. The second-order valence-corrected chi connectivity index (χ2v) is 4.03. The quantitative estimate of drug-likeness (QED) is 0.875. The number of hydrogen-bond donors (Lipinski definition) is 2. The predicted molar refractivity (Wildman–Crippen MR) is 56.1 cm³/mol. The molecular weight excluding hydrogens is 248 g/mol. The van der Waals surface area contributed by atoms with Crippen LogP contribution in [0, 0.1) is 6.92 Å². The Morgan fingerprint density at radius 1 is 1.57 bits per heavy atom. The van der Waals surface area contributed by atoms with E-state index in [2.05, 4.69) is 15.9 Å². The number of aryl methyl sites for hydroxylation is 1. The average molecular weight is 259 g/mol. The van der Waals surface area contributed by atoms with Crippen LogP contribution < -0.4 is 0 Å². The molecule has 0 aliphatic heterocycles. The Morgan fingerprint density at radius 3 is 2.71 bits per heavy atom. The van der Waals surface area contributed by atoms with Gasteiger partial charge in [-0.05, 0) is 30.2 Å². The molecule has 0 fully saturated rings. The molecule has 76 valence electrons. The molecule has 0 aliphatic carbocycles. The minimum absolute atomic E-state index is 0.261. The molecule has 1 atom stereocenters. The van der Waals surface area contributed by atoms with E-state index in [4.69, 9.17) is 5.11 Å². The van der Waals surface area contributed by atoms with Crippen molar-refractivity contribution in [2.75, 3.05) is 0 Å². The smallest absolute Gasteiger partial charge is 0.306 e. The highest BCUT2D eigenvalue weighted by Gasteiger charge is 2.13. The molecular formula is C10H11BrO3. The third kappa shape index (κ3) is 2.82. The SMILES string of the molecule is Cc1cc(Br)ccc1[C@@H](O)CC(=O)O. The van der Waals surface area contributed by atoms with Crippen molar-refractivity contribution in [1.29, 1.82) is 0 Å². The van der Waals surface area contributed by atoms with Gasteiger partial charge >= 0.3 is 5.97 Å². The van der Waals surface area contributed by atoms with Gasteiger partial charge in [0.2, 0.25) is 0 Å². The first-order valence-electron chi connectivity index (χ1n) is 4.16. The summed E-state index contributed by atoms with van der Waals surface area (Å²) in [5.74, 6) is -1.00. The summed E-state index contributed by atoms with van der Waals surface area (Å²) in [5, 5.41) is 18.1. The second-order valence-electron chi connectivity index (χ2n) is 3.11. The fraction of sp³-hybridized carbons (Fsp3) is 0.300. The molecule has 2 N–H and O–H groups in total. The molecule has 0 saturated heterocycles. The van der Waals surface area contributed by atoms with Gasteiger partial charge in [-0.25, -0.2) is 0 Å². The van der Waals surface area contributed by atoms with E-state index in [1.54, 1.807) is 12.1 Å². The van der Waals surface area contributed by atoms with Crippen LogP contribution in [0.2, 0.25) is 0 Å². The Balaban J connectivity index is 2.90. The Morgan fingerprint density at radius 2 is 2.21 bits per heavy atom. The number of rotatable bonds is 3. The lowest BCUT2D eigenvalue weighted by atomic mass is 10.0. The Bertz CT molecular complexity index is 349. The van der Waals surface area contributed by atoms with Crippen LogP contribution in [0.15, 0.2) is 22.7 Å². The van der Waals surface area contributed by atoms with Gasteiger partial charge in [0.15, 0.2) is 0 Å². The van der Waals surface area contributed by atoms with E-state index in [0.29, 0.717) is 5.56 Å². The fourth-order valence-electron chi connectivity index (χ4n) is 1.29. The first-order chi connectivity index (χ1) is 6.50. The van der Waals surface area contributed by atoms with Crippen molar-refractivity contribution in [2.45, 2.75) is 19.4 Å². The lowest BCUT2D eigenvalue weighted by molar-refractivity contribution is -0.139. The van der Waals surface area contributed by atoms with Gasteiger partial charge in [0, 0.05) is 4.47 Å². The fourth-order valence-corrected chi connectivity index (χ4v) is 1.76. The molecule has 14 heavy (non-hydrogen) atoms. The van der Waals surface area contributed by atoms with Crippen molar-refractivity contribution in [3.63, 3.8) is 0 Å². The van der Waals surface area contributed by atoms with Crippen molar-refractivity contribution in [2.24, 2.45) is 0 Å². The number of aliphatic hydroxyl groups excluding tert-OH is 1. The third-order valence-electron chi connectivity index (χ3n) is 1.96. The summed E-state index contributed by atoms with van der Waals surface area (Å²) in [5.41, 5.74) is 1.55. The maximum atomic E-state index is 10.4. The number of carbonyl (C=O) groups is 1. The largest absolute Gasteiger partial charge is 0.481 e. The third-order valence-corrected chi connectivity index (χ3v) is 2.45. The van der Waals surface area contributed by atoms with Crippen LogP contribution >= 0.6 is 15.9 Å². The van der Waals surface area contributed by atoms with Crippen molar-refractivity contribution >= 4 is 21.9 Å². The molecule has 1 rings (SSSR count). The van der Waals surface area contributed by atoms with Crippen molar-refractivity contribution in [3.05, 3.63) is 33.8 Å². The van der Waals surface area contributed by atoms with Gasteiger partial charge in [-0.15, -0.1) is 0 Å². The molecule has 0 saturated carbocycles. The lowest BCUT2D eigenvalue weighted by Crippen LogP contribution is -2.06. The summed E-state index contributed by atoms with van der Waals surface area (Å²) >= 11 is 3.30. The van der Waals surface area contributed by atoms with Crippen LogP contribution in [0.1, 0.15) is 23.7 Å². The molecule has 3 nitrogen and oxygen atoms in total. The normalized spacial score (nSPS) is 12.5. The van der Waals surface area contributed by atoms with Gasteiger partial charge in [-0.2, -0.15) is 0 Å². The molecule has 0 heterocycles. The summed E-state index contributed by atoms with van der Waals surface area (Å²) in [6.07, 6.45) is -1.19. The van der Waals surface area contributed by atoms with Gasteiger partial charge in [0.1, 0.15) is 0 Å². The van der Waals surface area contributed by atoms with Gasteiger partial charge in [-0.1, -0.05) is 22.0 Å². The predicted octanol–water partition coefficient (Wildman–Crippen LogP) is 2.27. The van der Waals surface area contributed by atoms with Crippen LogP contribution in [0.25, 0.3) is 0 Å². The highest BCUT2D eigenvalue weighted by atomic mass is 79.9. The lowest BCUT2D eigenvalue weighted by Gasteiger charge is -2.11. The van der Waals surface area contributed by atoms with Gasteiger partial charge in [0.25, 0.3) is 0 Å². The van der Waals surface area contributed by atoms with E-state index in [-0.39, 0.29) is 6.42 Å². The van der Waals surface area contributed by atoms with Gasteiger partial charge in [0.05, 0.1) is 12.5 Å². The Labute approximate surface area is 90.5 Å². The molecule has 0 unspecified atom stereocenters. The summed E-state index contributed by atoms with van der Waals surface area (Å²) < 4.78 is 0.918. The molecule has 0 spiro atoms. The van der Waals surface area contributed by atoms with Crippen LogP contribution in [-0.4, -0.2) is 16.2 Å². The Hall–Kier alpha value is -0.870. The van der Waals surface area contributed by atoms with E-state index in [9.17, 15) is 9.90 Å². The molecule has 0 bridgehead atoms. The first kappa shape index (κ1) is 11.2. The van der Waals surface area contributed by atoms with Crippen LogP contribution in [0.5, 0.6) is 0 Å². The maximum absolute atomic E-state index is 10.4. The minimum atomic E-state index is -1.00. The first-order valence-corrected chi connectivity index (χ1v) is 4.96. The number of carboxylic acids is 1. The maximum Gasteiger partial charge on any atom is 0.306 e. The summed E-state index contributed by atoms with van der Waals surface area (Å²) in [7, 11) is 0. The molecule has 0 aromatic heterocycles. The van der Waals surface area contributed by atoms with E-state index >= 15 is 0 Å². The van der Waals surface area contributed by atoms with Crippen molar-refractivity contribution in [3.8, 4) is 0 Å². The highest BCUT2D eigenvalue weighted by Crippen LogP contribution is 2.23. The molecule has 1 aromatic rings. The standard InChI is InChI=1S/C10H11BrO3/c1-6-4-7(11)2-3-8(6)9(12)5-10(13)14/h2-4,9,12H,5H2,1H3,(H,13,14)/t9-/m0/s1.